The van der Waals surface area contributed by atoms with Gasteiger partial charge in [0.05, 0.1) is 17.6 Å². The molecule has 31 heavy (non-hydrogen) atoms. The molecule has 2 aliphatic heterocycles. The molecule has 2 saturated heterocycles. The number of benzene rings is 1. The SMILES string of the molecule is Cc1c(C(=O)N2C3CCCC2C(=N)N(C(=N)c2cccnc2)C3)cccc1C(F)(F)F. The fraction of sp³-hybridized carbons (Fsp3) is 0.364. The van der Waals surface area contributed by atoms with Crippen LogP contribution in [-0.2, 0) is 6.18 Å². The third kappa shape index (κ3) is 3.68. The lowest BCUT2D eigenvalue weighted by Crippen LogP contribution is -2.66. The van der Waals surface area contributed by atoms with Crippen LogP contribution < -0.4 is 0 Å². The largest absolute Gasteiger partial charge is 0.416 e. The number of halogens is 3. The summed E-state index contributed by atoms with van der Waals surface area (Å²) in [7, 11) is 0. The van der Waals surface area contributed by atoms with E-state index < -0.39 is 23.7 Å². The van der Waals surface area contributed by atoms with Gasteiger partial charge in [0, 0.05) is 30.1 Å². The Morgan fingerprint density at radius 3 is 2.65 bits per heavy atom. The first kappa shape index (κ1) is 21.0. The molecule has 3 heterocycles. The second kappa shape index (κ2) is 7.79. The van der Waals surface area contributed by atoms with Gasteiger partial charge in [-0.3, -0.25) is 20.6 Å². The van der Waals surface area contributed by atoms with Crippen molar-refractivity contribution < 1.29 is 18.0 Å². The Kier molecular flexibility index (Phi) is 5.28. The highest BCUT2D eigenvalue weighted by Crippen LogP contribution is 2.36. The van der Waals surface area contributed by atoms with Gasteiger partial charge in [-0.05, 0) is 56.0 Å². The van der Waals surface area contributed by atoms with Crippen molar-refractivity contribution in [3.8, 4) is 0 Å². The maximum Gasteiger partial charge on any atom is 0.416 e. The Balaban J connectivity index is 1.65. The summed E-state index contributed by atoms with van der Waals surface area (Å²) in [5.74, 6) is -0.240. The van der Waals surface area contributed by atoms with E-state index in [1.807, 2.05) is 0 Å². The molecule has 2 fully saturated rings. The highest BCUT2D eigenvalue weighted by molar-refractivity contribution is 6.10. The zero-order chi connectivity index (χ0) is 22.3. The average molecular weight is 429 g/mol. The minimum atomic E-state index is -4.54. The van der Waals surface area contributed by atoms with Crippen LogP contribution in [0.15, 0.2) is 42.7 Å². The third-order valence-corrected chi connectivity index (χ3v) is 6.05. The Labute approximate surface area is 177 Å². The van der Waals surface area contributed by atoms with Crippen LogP contribution in [-0.4, -0.2) is 51.0 Å². The van der Waals surface area contributed by atoms with Gasteiger partial charge < -0.3 is 9.80 Å². The van der Waals surface area contributed by atoms with Crippen molar-refractivity contribution in [2.75, 3.05) is 6.54 Å². The quantitative estimate of drug-likeness (QED) is 0.557. The van der Waals surface area contributed by atoms with Crippen molar-refractivity contribution in [1.82, 2.24) is 14.8 Å². The van der Waals surface area contributed by atoms with E-state index in [1.165, 1.54) is 19.1 Å². The van der Waals surface area contributed by atoms with E-state index in [0.717, 1.165) is 12.5 Å². The highest BCUT2D eigenvalue weighted by Gasteiger charge is 2.45. The van der Waals surface area contributed by atoms with E-state index in [9.17, 15) is 18.0 Å². The molecule has 2 aromatic rings. The zero-order valence-electron chi connectivity index (χ0n) is 16.9. The molecule has 0 spiro atoms. The summed E-state index contributed by atoms with van der Waals surface area (Å²) in [4.78, 5) is 20.5. The van der Waals surface area contributed by atoms with Crippen molar-refractivity contribution in [2.45, 2.75) is 44.4 Å². The third-order valence-electron chi connectivity index (χ3n) is 6.05. The summed E-state index contributed by atoms with van der Waals surface area (Å²) in [6.45, 7) is 1.57. The van der Waals surface area contributed by atoms with Crippen LogP contribution in [0, 0.1) is 17.7 Å². The molecule has 9 heteroatoms. The smallest absolute Gasteiger partial charge is 0.324 e. The Morgan fingerprint density at radius 1 is 1.19 bits per heavy atom. The molecule has 2 unspecified atom stereocenters. The molecule has 4 rings (SSSR count). The molecule has 0 saturated carbocycles. The number of piperidine rings is 1. The van der Waals surface area contributed by atoms with E-state index in [0.29, 0.717) is 18.4 Å². The van der Waals surface area contributed by atoms with Crippen LogP contribution in [0.1, 0.15) is 46.3 Å². The van der Waals surface area contributed by atoms with Crippen molar-refractivity contribution in [1.29, 1.82) is 10.8 Å². The number of aromatic nitrogens is 1. The van der Waals surface area contributed by atoms with Gasteiger partial charge in [0.2, 0.25) is 0 Å². The van der Waals surface area contributed by atoms with E-state index >= 15 is 0 Å². The maximum atomic E-state index is 13.4. The fourth-order valence-corrected chi connectivity index (χ4v) is 4.51. The average Bonchev–Trinajstić information content (AvgIpc) is 2.75. The number of alkyl halides is 3. The highest BCUT2D eigenvalue weighted by atomic mass is 19.4. The Morgan fingerprint density at radius 2 is 1.97 bits per heavy atom. The minimum absolute atomic E-state index is 0.00955. The minimum Gasteiger partial charge on any atom is -0.324 e. The van der Waals surface area contributed by atoms with Gasteiger partial charge in [-0.1, -0.05) is 6.07 Å². The number of likely N-dealkylation sites (tertiary alicyclic amines) is 1. The van der Waals surface area contributed by atoms with Gasteiger partial charge in [0.1, 0.15) is 11.7 Å². The molecular weight excluding hydrogens is 407 g/mol. The van der Waals surface area contributed by atoms with Crippen LogP contribution in [0.25, 0.3) is 0 Å². The first-order valence-electron chi connectivity index (χ1n) is 10.0. The standard InChI is InChI=1S/C22H22F3N5O/c1-13-16(7-3-8-17(13)22(23,24)25)21(31)30-15-6-2-9-18(30)20(27)29(12-15)19(26)14-5-4-10-28-11-14/h3-5,7-8,10-11,15,18,26-27H,2,6,9,12H2,1H3. The van der Waals surface area contributed by atoms with Crippen LogP contribution in [0.5, 0.6) is 0 Å². The number of amides is 1. The van der Waals surface area contributed by atoms with Crippen LogP contribution >= 0.6 is 0 Å². The van der Waals surface area contributed by atoms with Crippen LogP contribution in [0.4, 0.5) is 13.2 Å². The molecule has 2 N–H and O–H groups in total. The number of amidine groups is 2. The summed E-state index contributed by atoms with van der Waals surface area (Å²) in [5, 5.41) is 17.2. The van der Waals surface area contributed by atoms with Gasteiger partial charge in [0.15, 0.2) is 0 Å². The number of carbonyl (C=O) groups is 1. The van der Waals surface area contributed by atoms with Gasteiger partial charge >= 0.3 is 6.18 Å². The number of carbonyl (C=O) groups excluding carboxylic acids is 1. The number of hydrogen-bond donors (Lipinski definition) is 2. The molecule has 1 amide bonds. The van der Waals surface area contributed by atoms with Gasteiger partial charge in [-0.2, -0.15) is 13.2 Å². The first-order valence-corrected chi connectivity index (χ1v) is 10.0. The number of nitrogens with zero attached hydrogens (tertiary/aromatic N) is 3. The van der Waals surface area contributed by atoms with Crippen molar-refractivity contribution >= 4 is 17.6 Å². The number of nitrogens with one attached hydrogen (secondary N) is 2. The zero-order valence-corrected chi connectivity index (χ0v) is 16.9. The summed E-state index contributed by atoms with van der Waals surface area (Å²) >= 11 is 0. The molecule has 162 valence electrons. The molecule has 2 aliphatic rings. The molecule has 1 aromatic heterocycles. The van der Waals surface area contributed by atoms with Gasteiger partial charge in [0.25, 0.3) is 5.91 Å². The van der Waals surface area contributed by atoms with E-state index in [4.69, 9.17) is 10.8 Å². The summed E-state index contributed by atoms with van der Waals surface area (Å²) in [6, 6.07) is 6.22. The first-order chi connectivity index (χ1) is 14.7. The lowest BCUT2D eigenvalue weighted by atomic mass is 9.88. The van der Waals surface area contributed by atoms with Crippen molar-refractivity contribution in [3.05, 3.63) is 65.0 Å². The lowest BCUT2D eigenvalue weighted by Gasteiger charge is -2.50. The maximum absolute atomic E-state index is 13.4. The van der Waals surface area contributed by atoms with Crippen molar-refractivity contribution in [2.24, 2.45) is 0 Å². The summed E-state index contributed by atoms with van der Waals surface area (Å²) < 4.78 is 40.0. The predicted molar refractivity (Wildman–Crippen MR) is 109 cm³/mol. The molecular formula is C22H22F3N5O. The monoisotopic (exact) mass is 429 g/mol. The van der Waals surface area contributed by atoms with E-state index in [2.05, 4.69) is 4.98 Å². The molecule has 2 atom stereocenters. The number of rotatable bonds is 2. The van der Waals surface area contributed by atoms with Gasteiger partial charge in [-0.15, -0.1) is 0 Å². The summed E-state index contributed by atoms with van der Waals surface area (Å²) in [5.41, 5.74) is -0.347. The number of piperazine rings is 1. The Bertz CT molecular complexity index is 1040. The lowest BCUT2D eigenvalue weighted by molar-refractivity contribution is -0.138. The van der Waals surface area contributed by atoms with Crippen LogP contribution in [0.3, 0.4) is 0 Å². The molecule has 1 aromatic carbocycles. The predicted octanol–water partition coefficient (Wildman–Crippen LogP) is 4.09. The molecule has 0 aliphatic carbocycles. The molecule has 0 radical (unpaired) electrons. The van der Waals surface area contributed by atoms with Crippen molar-refractivity contribution in [3.63, 3.8) is 0 Å². The molecule has 2 bridgehead atoms. The number of fused-ring (bicyclic) bond motifs is 2. The number of hydrogen-bond acceptors (Lipinski definition) is 4. The summed E-state index contributed by atoms with van der Waals surface area (Å²) in [6.07, 6.45) is 0.636. The van der Waals surface area contributed by atoms with Gasteiger partial charge in [-0.25, -0.2) is 0 Å². The normalized spacial score (nSPS) is 21.2. The second-order valence-electron chi connectivity index (χ2n) is 7.87. The second-order valence-corrected chi connectivity index (χ2v) is 7.87. The topological polar surface area (TPSA) is 84.1 Å². The Hall–Kier alpha value is -3.23. The fourth-order valence-electron chi connectivity index (χ4n) is 4.51. The number of pyridine rings is 1. The molecule has 6 nitrogen and oxygen atoms in total. The van der Waals surface area contributed by atoms with E-state index in [-0.39, 0.29) is 35.4 Å². The van der Waals surface area contributed by atoms with E-state index in [1.54, 1.807) is 34.3 Å². The van der Waals surface area contributed by atoms with Crippen LogP contribution in [0.2, 0.25) is 0 Å².